The number of halogens is 3. The van der Waals surface area contributed by atoms with Crippen molar-refractivity contribution in [2.24, 2.45) is 0 Å². The van der Waals surface area contributed by atoms with Gasteiger partial charge in [0, 0.05) is 0 Å². The van der Waals surface area contributed by atoms with E-state index in [9.17, 15) is 22.8 Å². The van der Waals surface area contributed by atoms with Crippen LogP contribution in [-0.2, 0) is 14.3 Å². The van der Waals surface area contributed by atoms with Crippen molar-refractivity contribution in [3.05, 3.63) is 60.2 Å². The van der Waals surface area contributed by atoms with Crippen molar-refractivity contribution < 1.29 is 32.2 Å². The monoisotopic (exact) mass is 396 g/mol. The summed E-state index contributed by atoms with van der Waals surface area (Å²) in [7, 11) is 2.46. The fraction of sp³-hybridized carbons (Fsp3) is 0.263. The van der Waals surface area contributed by atoms with E-state index in [0.717, 1.165) is 7.11 Å². The van der Waals surface area contributed by atoms with Crippen LogP contribution in [0.5, 0.6) is 5.75 Å². The lowest BCUT2D eigenvalue weighted by atomic mass is 9.98. The molecule has 2 aromatic rings. The van der Waals surface area contributed by atoms with Crippen LogP contribution in [0.3, 0.4) is 0 Å². The van der Waals surface area contributed by atoms with E-state index in [-0.39, 0.29) is 0 Å². The molecule has 9 heteroatoms. The van der Waals surface area contributed by atoms with E-state index in [1.54, 1.807) is 59.9 Å². The molecule has 150 valence electrons. The molecule has 0 saturated heterocycles. The topological polar surface area (TPSA) is 76.7 Å². The number of alkyl halides is 3. The number of nitrogens with one attached hydrogen (secondary N) is 2. The van der Waals surface area contributed by atoms with E-state index >= 15 is 0 Å². The summed E-state index contributed by atoms with van der Waals surface area (Å²) >= 11 is 0. The lowest BCUT2D eigenvalue weighted by Gasteiger charge is -2.29. The molecule has 0 bridgehead atoms. The zero-order valence-electron chi connectivity index (χ0n) is 15.1. The minimum atomic E-state index is -5.15. The molecule has 0 aliphatic heterocycles. The number of carbonyl (C=O) groups is 2. The van der Waals surface area contributed by atoms with Crippen LogP contribution in [0.4, 0.5) is 18.9 Å². The number of para-hydroxylation sites is 2. The summed E-state index contributed by atoms with van der Waals surface area (Å²) in [5.74, 6) is -2.87. The Balaban J connectivity index is 2.47. The molecule has 0 aromatic heterocycles. The smallest absolute Gasteiger partial charge is 0.471 e. The molecule has 0 fully saturated rings. The average molecular weight is 396 g/mol. The molecule has 2 rings (SSSR count). The Hall–Kier alpha value is -3.23. The van der Waals surface area contributed by atoms with Crippen molar-refractivity contribution in [2.75, 3.05) is 19.5 Å². The molecule has 2 unspecified atom stereocenters. The highest BCUT2D eigenvalue weighted by atomic mass is 19.4. The van der Waals surface area contributed by atoms with Crippen LogP contribution in [0.2, 0.25) is 0 Å². The average Bonchev–Trinajstić information content (AvgIpc) is 2.70. The first-order valence-corrected chi connectivity index (χ1v) is 8.18. The fourth-order valence-electron chi connectivity index (χ4n) is 2.58. The number of anilines is 1. The Kier molecular flexibility index (Phi) is 6.86. The lowest BCUT2D eigenvalue weighted by molar-refractivity contribution is -0.175. The van der Waals surface area contributed by atoms with Gasteiger partial charge in [0.25, 0.3) is 0 Å². The van der Waals surface area contributed by atoms with Gasteiger partial charge in [-0.3, -0.25) is 4.79 Å². The molecule has 0 saturated carbocycles. The van der Waals surface area contributed by atoms with Crippen molar-refractivity contribution >= 4 is 17.6 Å². The van der Waals surface area contributed by atoms with Gasteiger partial charge >= 0.3 is 18.1 Å². The number of carbonyl (C=O) groups excluding carboxylic acids is 2. The second kappa shape index (κ2) is 9.12. The van der Waals surface area contributed by atoms with Crippen LogP contribution < -0.4 is 15.4 Å². The third kappa shape index (κ3) is 5.15. The van der Waals surface area contributed by atoms with Gasteiger partial charge in [0.15, 0.2) is 6.04 Å². The highest BCUT2D eigenvalue weighted by Gasteiger charge is 2.43. The fourth-order valence-corrected chi connectivity index (χ4v) is 2.58. The Bertz CT molecular complexity index is 812. The second-order valence-corrected chi connectivity index (χ2v) is 5.71. The van der Waals surface area contributed by atoms with Gasteiger partial charge in [-0.05, 0) is 17.7 Å². The van der Waals surface area contributed by atoms with Gasteiger partial charge in [-0.25, -0.2) is 4.79 Å². The first kappa shape index (κ1) is 21.1. The number of ether oxygens (including phenoxy) is 2. The Morgan fingerprint density at radius 2 is 1.57 bits per heavy atom. The molecular weight excluding hydrogens is 377 g/mol. The van der Waals surface area contributed by atoms with Crippen LogP contribution >= 0.6 is 0 Å². The van der Waals surface area contributed by atoms with Crippen LogP contribution in [0.1, 0.15) is 11.6 Å². The largest absolute Gasteiger partial charge is 0.495 e. The zero-order chi connectivity index (χ0) is 20.7. The summed E-state index contributed by atoms with van der Waals surface area (Å²) in [6.45, 7) is 0. The van der Waals surface area contributed by atoms with Crippen molar-refractivity contribution in [3.8, 4) is 5.75 Å². The molecular formula is C19H19F3N2O4. The van der Waals surface area contributed by atoms with Crippen LogP contribution in [0, 0.1) is 0 Å². The van der Waals surface area contributed by atoms with E-state index < -0.39 is 30.1 Å². The number of hydrogen-bond acceptors (Lipinski definition) is 5. The van der Waals surface area contributed by atoms with Gasteiger partial charge in [0.2, 0.25) is 0 Å². The molecule has 0 aliphatic carbocycles. The first-order chi connectivity index (χ1) is 13.3. The molecule has 0 heterocycles. The Morgan fingerprint density at radius 1 is 0.964 bits per heavy atom. The van der Waals surface area contributed by atoms with Crippen LogP contribution in [0.15, 0.2) is 54.6 Å². The molecule has 0 aliphatic rings. The first-order valence-electron chi connectivity index (χ1n) is 8.18. The van der Waals surface area contributed by atoms with Gasteiger partial charge in [-0.1, -0.05) is 42.5 Å². The third-order valence-electron chi connectivity index (χ3n) is 3.91. The van der Waals surface area contributed by atoms with Gasteiger partial charge in [0.1, 0.15) is 5.75 Å². The van der Waals surface area contributed by atoms with Gasteiger partial charge in [0.05, 0.1) is 25.9 Å². The van der Waals surface area contributed by atoms with Crippen LogP contribution in [-0.4, -0.2) is 38.3 Å². The zero-order valence-corrected chi connectivity index (χ0v) is 15.1. The normalized spacial score (nSPS) is 13.2. The SMILES string of the molecule is COC(=O)C(NC(=O)C(F)(F)F)C(Nc1ccccc1OC)c1ccccc1. The van der Waals surface area contributed by atoms with Gasteiger partial charge < -0.3 is 20.1 Å². The number of methoxy groups -OCH3 is 2. The molecule has 6 nitrogen and oxygen atoms in total. The second-order valence-electron chi connectivity index (χ2n) is 5.71. The summed E-state index contributed by atoms with van der Waals surface area (Å²) in [5, 5.41) is 4.70. The maximum atomic E-state index is 12.8. The maximum absolute atomic E-state index is 12.8. The van der Waals surface area contributed by atoms with Crippen LogP contribution in [0.25, 0.3) is 0 Å². The van der Waals surface area contributed by atoms with E-state index in [1.807, 2.05) is 0 Å². The molecule has 28 heavy (non-hydrogen) atoms. The van der Waals surface area contributed by atoms with E-state index in [1.165, 1.54) is 7.11 Å². The third-order valence-corrected chi connectivity index (χ3v) is 3.91. The minimum Gasteiger partial charge on any atom is -0.495 e. The number of amides is 1. The summed E-state index contributed by atoms with van der Waals surface area (Å²) in [4.78, 5) is 23.8. The molecule has 2 aromatic carbocycles. The predicted octanol–water partition coefficient (Wildman–Crippen LogP) is 3.07. The summed E-state index contributed by atoms with van der Waals surface area (Å²) in [5.41, 5.74) is 0.889. The van der Waals surface area contributed by atoms with Crippen molar-refractivity contribution in [1.82, 2.24) is 5.32 Å². The number of hydrogen-bond donors (Lipinski definition) is 2. The summed E-state index contributed by atoms with van der Waals surface area (Å²) < 4.78 is 48.2. The molecule has 1 amide bonds. The molecule has 0 radical (unpaired) electrons. The van der Waals surface area contributed by atoms with E-state index in [4.69, 9.17) is 4.74 Å². The van der Waals surface area contributed by atoms with Crippen molar-refractivity contribution in [3.63, 3.8) is 0 Å². The predicted molar refractivity (Wildman–Crippen MR) is 95.8 cm³/mol. The number of benzene rings is 2. The highest BCUT2D eigenvalue weighted by Crippen LogP contribution is 2.30. The van der Waals surface area contributed by atoms with Crippen molar-refractivity contribution in [1.29, 1.82) is 0 Å². The Labute approximate surface area is 159 Å². The minimum absolute atomic E-state index is 0.411. The highest BCUT2D eigenvalue weighted by molar-refractivity contribution is 5.88. The summed E-state index contributed by atoms with van der Waals surface area (Å²) in [6.07, 6.45) is -5.15. The Morgan fingerprint density at radius 3 is 2.14 bits per heavy atom. The molecule has 2 N–H and O–H groups in total. The van der Waals surface area contributed by atoms with Gasteiger partial charge in [-0.2, -0.15) is 13.2 Å². The van der Waals surface area contributed by atoms with E-state index in [2.05, 4.69) is 10.1 Å². The summed E-state index contributed by atoms with van der Waals surface area (Å²) in [6, 6.07) is 12.2. The lowest BCUT2D eigenvalue weighted by Crippen LogP contribution is -2.51. The molecule has 0 spiro atoms. The van der Waals surface area contributed by atoms with Gasteiger partial charge in [-0.15, -0.1) is 0 Å². The quantitative estimate of drug-likeness (QED) is 0.704. The maximum Gasteiger partial charge on any atom is 0.471 e. The van der Waals surface area contributed by atoms with E-state index in [0.29, 0.717) is 17.0 Å². The molecule has 2 atom stereocenters. The standard InChI is InChI=1S/C19H19F3N2O4/c1-27-14-11-7-6-10-13(14)23-15(12-8-4-3-5-9-12)16(17(25)28-2)24-18(26)19(20,21)22/h3-11,15-16,23H,1-2H3,(H,24,26). The number of esters is 1. The number of rotatable bonds is 7. The van der Waals surface area contributed by atoms with Crippen molar-refractivity contribution in [2.45, 2.75) is 18.3 Å².